The lowest BCUT2D eigenvalue weighted by Gasteiger charge is -2.20. The number of halogens is 1. The predicted octanol–water partition coefficient (Wildman–Crippen LogP) is 2.44. The van der Waals surface area contributed by atoms with Crippen LogP contribution in [0.4, 0.5) is 0 Å². The molecule has 2 aliphatic heterocycles. The summed E-state index contributed by atoms with van der Waals surface area (Å²) < 4.78 is 0. The third-order valence-electron chi connectivity index (χ3n) is 4.47. The molecule has 1 N–H and O–H groups in total. The van der Waals surface area contributed by atoms with Gasteiger partial charge < -0.3 is 10.2 Å². The van der Waals surface area contributed by atoms with E-state index in [0.29, 0.717) is 9.75 Å². The van der Waals surface area contributed by atoms with Crippen molar-refractivity contribution < 1.29 is 9.59 Å². The van der Waals surface area contributed by atoms with Crippen LogP contribution in [-0.4, -0.2) is 42.8 Å². The van der Waals surface area contributed by atoms with Gasteiger partial charge >= 0.3 is 0 Å². The standard InChI is InChI=1S/C15H20N2O2S.ClH/c1-10(18)13-2-3-14(20-13)15(19)17-6-4-11-8-16-9-12(11)5-7-17;/h2-3,11-12,16H,4-9H2,1H3;1H/t11-,12+;. The summed E-state index contributed by atoms with van der Waals surface area (Å²) in [4.78, 5) is 27.2. The lowest BCUT2D eigenvalue weighted by Crippen LogP contribution is -2.32. The maximum Gasteiger partial charge on any atom is 0.263 e. The fourth-order valence-corrected chi connectivity index (χ4v) is 4.09. The maximum absolute atomic E-state index is 12.5. The second-order valence-electron chi connectivity index (χ2n) is 5.77. The Labute approximate surface area is 135 Å². The normalized spacial score (nSPS) is 24.9. The molecule has 0 aliphatic carbocycles. The van der Waals surface area contributed by atoms with Crippen molar-refractivity contribution in [2.45, 2.75) is 19.8 Å². The third-order valence-corrected chi connectivity index (χ3v) is 5.64. The van der Waals surface area contributed by atoms with Crippen LogP contribution in [0, 0.1) is 11.8 Å². The summed E-state index contributed by atoms with van der Waals surface area (Å²) in [5, 5.41) is 3.44. The molecular weight excluding hydrogens is 308 g/mol. The van der Waals surface area contributed by atoms with Crippen molar-refractivity contribution in [1.82, 2.24) is 10.2 Å². The van der Waals surface area contributed by atoms with Gasteiger partial charge in [-0.1, -0.05) is 0 Å². The number of nitrogens with one attached hydrogen (secondary N) is 1. The molecule has 3 rings (SSSR count). The van der Waals surface area contributed by atoms with Crippen LogP contribution in [0.3, 0.4) is 0 Å². The zero-order valence-corrected chi connectivity index (χ0v) is 13.8. The van der Waals surface area contributed by atoms with E-state index in [2.05, 4.69) is 5.32 Å². The Balaban J connectivity index is 0.00000161. The topological polar surface area (TPSA) is 49.4 Å². The van der Waals surface area contributed by atoms with E-state index in [1.54, 1.807) is 19.1 Å². The largest absolute Gasteiger partial charge is 0.338 e. The van der Waals surface area contributed by atoms with E-state index in [4.69, 9.17) is 0 Å². The Kier molecular flexibility index (Phi) is 5.41. The Hall–Kier alpha value is -0.910. The molecule has 4 nitrogen and oxygen atoms in total. The van der Waals surface area contributed by atoms with E-state index in [9.17, 15) is 9.59 Å². The molecule has 1 aromatic rings. The smallest absolute Gasteiger partial charge is 0.263 e. The van der Waals surface area contributed by atoms with E-state index in [1.807, 2.05) is 4.90 Å². The lowest BCUT2D eigenvalue weighted by atomic mass is 9.92. The maximum atomic E-state index is 12.5. The molecule has 0 unspecified atom stereocenters. The predicted molar refractivity (Wildman–Crippen MR) is 86.6 cm³/mol. The van der Waals surface area contributed by atoms with Crippen molar-refractivity contribution in [3.63, 3.8) is 0 Å². The molecule has 2 aliphatic rings. The first-order chi connectivity index (χ1) is 9.65. The number of carbonyl (C=O) groups is 2. The van der Waals surface area contributed by atoms with Crippen molar-refractivity contribution in [3.8, 4) is 0 Å². The number of nitrogens with zero attached hydrogens (tertiary/aromatic N) is 1. The number of hydrogen-bond acceptors (Lipinski definition) is 4. The SMILES string of the molecule is CC(=O)c1ccc(C(=O)N2CC[C@@H]3CNC[C@@H]3CC2)s1.Cl. The van der Waals surface area contributed by atoms with Gasteiger partial charge in [0.1, 0.15) is 0 Å². The highest BCUT2D eigenvalue weighted by atomic mass is 35.5. The molecule has 6 heteroatoms. The van der Waals surface area contributed by atoms with Gasteiger partial charge in [-0.3, -0.25) is 9.59 Å². The first-order valence-electron chi connectivity index (χ1n) is 7.26. The number of likely N-dealkylation sites (tertiary alicyclic amines) is 1. The number of ketones is 1. The number of amides is 1. The number of Topliss-reactive ketones (excluding diaryl/α,β-unsaturated/α-hetero) is 1. The summed E-state index contributed by atoms with van der Waals surface area (Å²) in [7, 11) is 0. The third kappa shape index (κ3) is 3.47. The summed E-state index contributed by atoms with van der Waals surface area (Å²) in [6, 6.07) is 3.55. The summed E-state index contributed by atoms with van der Waals surface area (Å²) in [6.07, 6.45) is 2.18. The molecule has 0 bridgehead atoms. The Morgan fingerprint density at radius 1 is 1.14 bits per heavy atom. The highest BCUT2D eigenvalue weighted by molar-refractivity contribution is 7.15. The summed E-state index contributed by atoms with van der Waals surface area (Å²) in [6.45, 7) is 5.42. The quantitative estimate of drug-likeness (QED) is 0.848. The molecular formula is C15H21ClN2O2S. The highest BCUT2D eigenvalue weighted by Gasteiger charge is 2.31. The Bertz CT molecular complexity index is 517. The van der Waals surface area contributed by atoms with Gasteiger partial charge in [-0.05, 0) is 56.8 Å². The first kappa shape index (κ1) is 16.5. The monoisotopic (exact) mass is 328 g/mol. The molecule has 0 spiro atoms. The second-order valence-corrected chi connectivity index (χ2v) is 6.85. The number of fused-ring (bicyclic) bond motifs is 1. The summed E-state index contributed by atoms with van der Waals surface area (Å²) in [5.74, 6) is 1.58. The van der Waals surface area contributed by atoms with E-state index in [-0.39, 0.29) is 24.1 Å². The van der Waals surface area contributed by atoms with Gasteiger partial charge in [0.05, 0.1) is 9.75 Å². The van der Waals surface area contributed by atoms with Crippen LogP contribution in [0.25, 0.3) is 0 Å². The van der Waals surface area contributed by atoms with Gasteiger partial charge in [0.2, 0.25) is 0 Å². The Morgan fingerprint density at radius 3 is 2.24 bits per heavy atom. The minimum absolute atomic E-state index is 0. The van der Waals surface area contributed by atoms with E-state index < -0.39 is 0 Å². The van der Waals surface area contributed by atoms with Crippen LogP contribution in [0.1, 0.15) is 39.1 Å². The molecule has 0 radical (unpaired) electrons. The molecule has 2 fully saturated rings. The van der Waals surface area contributed by atoms with E-state index >= 15 is 0 Å². The second kappa shape index (κ2) is 6.90. The molecule has 0 saturated carbocycles. The highest BCUT2D eigenvalue weighted by Crippen LogP contribution is 2.28. The van der Waals surface area contributed by atoms with Gasteiger partial charge in [-0.2, -0.15) is 0 Å². The van der Waals surface area contributed by atoms with Crippen LogP contribution in [0.5, 0.6) is 0 Å². The minimum atomic E-state index is 0. The van der Waals surface area contributed by atoms with Crippen LogP contribution in [-0.2, 0) is 0 Å². The number of hydrogen-bond donors (Lipinski definition) is 1. The lowest BCUT2D eigenvalue weighted by molar-refractivity contribution is 0.0763. The van der Waals surface area contributed by atoms with Crippen LogP contribution >= 0.6 is 23.7 Å². The van der Waals surface area contributed by atoms with Crippen molar-refractivity contribution >= 4 is 35.4 Å². The average Bonchev–Trinajstić information content (AvgIpc) is 3.04. The molecule has 2 atom stereocenters. The molecule has 3 heterocycles. The van der Waals surface area contributed by atoms with Gasteiger partial charge in [0.15, 0.2) is 5.78 Å². The van der Waals surface area contributed by atoms with Crippen LogP contribution in [0.2, 0.25) is 0 Å². The van der Waals surface area contributed by atoms with Crippen molar-refractivity contribution in [2.24, 2.45) is 11.8 Å². The van der Waals surface area contributed by atoms with Crippen molar-refractivity contribution in [2.75, 3.05) is 26.2 Å². The Morgan fingerprint density at radius 2 is 1.71 bits per heavy atom. The number of rotatable bonds is 2. The van der Waals surface area contributed by atoms with Crippen molar-refractivity contribution in [1.29, 1.82) is 0 Å². The summed E-state index contributed by atoms with van der Waals surface area (Å²) >= 11 is 1.32. The van der Waals surface area contributed by atoms with Crippen LogP contribution in [0.15, 0.2) is 12.1 Å². The zero-order chi connectivity index (χ0) is 14.1. The molecule has 116 valence electrons. The van der Waals surface area contributed by atoms with Gasteiger partial charge in [-0.25, -0.2) is 0 Å². The molecule has 2 saturated heterocycles. The number of thiophene rings is 1. The van der Waals surface area contributed by atoms with E-state index in [1.165, 1.54) is 11.3 Å². The van der Waals surface area contributed by atoms with E-state index in [0.717, 1.165) is 50.9 Å². The first-order valence-corrected chi connectivity index (χ1v) is 8.07. The molecule has 21 heavy (non-hydrogen) atoms. The van der Waals surface area contributed by atoms with Gasteiger partial charge in [-0.15, -0.1) is 23.7 Å². The van der Waals surface area contributed by atoms with Gasteiger partial charge in [0.25, 0.3) is 5.91 Å². The molecule has 1 amide bonds. The van der Waals surface area contributed by atoms with Crippen molar-refractivity contribution in [3.05, 3.63) is 21.9 Å². The average molecular weight is 329 g/mol. The van der Waals surface area contributed by atoms with Gasteiger partial charge in [0, 0.05) is 13.1 Å². The molecule has 1 aromatic heterocycles. The fraction of sp³-hybridized carbons (Fsp3) is 0.600. The zero-order valence-electron chi connectivity index (χ0n) is 12.1. The fourth-order valence-electron chi connectivity index (χ4n) is 3.22. The molecule has 0 aromatic carbocycles. The number of carbonyl (C=O) groups excluding carboxylic acids is 2. The summed E-state index contributed by atoms with van der Waals surface area (Å²) in [5.41, 5.74) is 0. The minimum Gasteiger partial charge on any atom is -0.338 e. The van der Waals surface area contributed by atoms with Crippen LogP contribution < -0.4 is 5.32 Å².